The molecule has 3 aliphatic rings. The van der Waals surface area contributed by atoms with Crippen molar-refractivity contribution in [3.05, 3.63) is 69.6 Å². The Balaban J connectivity index is 1.88. The summed E-state index contributed by atoms with van der Waals surface area (Å²) in [5.41, 5.74) is 2.58. The van der Waals surface area contributed by atoms with Crippen LogP contribution in [0.25, 0.3) is 11.1 Å². The molecule has 0 fully saturated rings. The molecule has 0 amide bonds. The molecule has 7 nitrogen and oxygen atoms in total. The summed E-state index contributed by atoms with van der Waals surface area (Å²) in [6, 6.07) is 11.0. The number of nitrogens with zero attached hydrogens (tertiary/aromatic N) is 1. The molecule has 0 radical (unpaired) electrons. The first-order valence-electron chi connectivity index (χ1n) is 11.2. The van der Waals surface area contributed by atoms with E-state index in [2.05, 4.69) is 0 Å². The molecule has 0 bridgehead atoms. The Morgan fingerprint density at radius 1 is 1.03 bits per heavy atom. The van der Waals surface area contributed by atoms with Gasteiger partial charge in [0.2, 0.25) is 5.72 Å². The zero-order valence-electron chi connectivity index (χ0n) is 19.4. The number of esters is 2. The highest BCUT2D eigenvalue weighted by Crippen LogP contribution is 2.56. The topological polar surface area (TPSA) is 74.3 Å². The fourth-order valence-electron chi connectivity index (χ4n) is 5.10. The van der Waals surface area contributed by atoms with Crippen molar-refractivity contribution in [2.75, 3.05) is 24.7 Å². The quantitative estimate of drug-likeness (QED) is 0.567. The standard InChI is InChI=1S/C26H24ClNO6/c1-5-31-24(29)21-14(3)28-19-9-7-8-10-20(19)33-13-26(28)23-17(21)11-16(27)12-18(23)22(15(4)34-26)25(30)32-6-2/h7-12H,5-6,13H2,1-4H3. The van der Waals surface area contributed by atoms with Crippen molar-refractivity contribution in [1.29, 1.82) is 0 Å². The molecule has 3 heterocycles. The number of hydrogen-bond acceptors (Lipinski definition) is 7. The minimum atomic E-state index is -1.15. The second kappa shape index (κ2) is 8.09. The third-order valence-electron chi connectivity index (χ3n) is 6.25. The number of allylic oxidation sites excluding steroid dienone is 2. The number of rotatable bonds is 4. The van der Waals surface area contributed by atoms with Gasteiger partial charge in [0.15, 0.2) is 6.61 Å². The average Bonchev–Trinajstić information content (AvgIpc) is 2.78. The van der Waals surface area contributed by atoms with Crippen molar-refractivity contribution in [3.63, 3.8) is 0 Å². The van der Waals surface area contributed by atoms with E-state index in [0.29, 0.717) is 44.5 Å². The van der Waals surface area contributed by atoms with Gasteiger partial charge in [0, 0.05) is 27.4 Å². The van der Waals surface area contributed by atoms with E-state index < -0.39 is 17.7 Å². The molecule has 5 rings (SSSR count). The van der Waals surface area contributed by atoms with Crippen molar-refractivity contribution in [1.82, 2.24) is 0 Å². The van der Waals surface area contributed by atoms with Crippen molar-refractivity contribution in [2.45, 2.75) is 33.4 Å². The van der Waals surface area contributed by atoms with Crippen LogP contribution in [0.4, 0.5) is 5.69 Å². The molecule has 0 saturated carbocycles. The van der Waals surface area contributed by atoms with Gasteiger partial charge in [-0.25, -0.2) is 9.59 Å². The van der Waals surface area contributed by atoms with Gasteiger partial charge in [0.1, 0.15) is 17.1 Å². The number of carbonyl (C=O) groups is 2. The van der Waals surface area contributed by atoms with Crippen LogP contribution in [-0.4, -0.2) is 31.8 Å². The van der Waals surface area contributed by atoms with Gasteiger partial charge in [-0.1, -0.05) is 23.7 Å². The van der Waals surface area contributed by atoms with Gasteiger partial charge in [-0.05, 0) is 52.0 Å². The van der Waals surface area contributed by atoms with Crippen LogP contribution in [0.2, 0.25) is 5.02 Å². The third kappa shape index (κ3) is 3.03. The zero-order valence-corrected chi connectivity index (χ0v) is 20.1. The summed E-state index contributed by atoms with van der Waals surface area (Å²) in [5.74, 6) is 0.0496. The Kier molecular flexibility index (Phi) is 5.32. The van der Waals surface area contributed by atoms with Gasteiger partial charge in [-0.15, -0.1) is 0 Å². The lowest BCUT2D eigenvalue weighted by Gasteiger charge is -2.53. The first-order valence-corrected chi connectivity index (χ1v) is 11.5. The molecule has 0 saturated heterocycles. The fraction of sp³-hybridized carbons (Fsp3) is 0.308. The number of anilines is 1. The van der Waals surface area contributed by atoms with Crippen LogP contribution in [0.1, 0.15) is 44.4 Å². The minimum Gasteiger partial charge on any atom is -0.485 e. The Morgan fingerprint density at radius 2 is 1.65 bits per heavy atom. The summed E-state index contributed by atoms with van der Waals surface area (Å²) in [7, 11) is 0. The molecule has 0 aliphatic carbocycles. The lowest BCUT2D eigenvalue weighted by molar-refractivity contribution is -0.137. The van der Waals surface area contributed by atoms with Crippen LogP contribution in [0.5, 0.6) is 5.75 Å². The summed E-state index contributed by atoms with van der Waals surface area (Å²) in [6.45, 7) is 7.63. The van der Waals surface area contributed by atoms with Gasteiger partial charge in [-0.3, -0.25) is 4.90 Å². The van der Waals surface area contributed by atoms with E-state index in [1.807, 2.05) is 36.1 Å². The predicted octanol–water partition coefficient (Wildman–Crippen LogP) is 5.02. The average molecular weight is 482 g/mol. The Hall–Kier alpha value is -3.45. The zero-order chi connectivity index (χ0) is 24.2. The van der Waals surface area contributed by atoms with Gasteiger partial charge in [-0.2, -0.15) is 0 Å². The highest BCUT2D eigenvalue weighted by atomic mass is 35.5. The molecule has 1 spiro atoms. The largest absolute Gasteiger partial charge is 0.485 e. The maximum atomic E-state index is 13.2. The van der Waals surface area contributed by atoms with E-state index in [0.717, 1.165) is 5.69 Å². The predicted molar refractivity (Wildman–Crippen MR) is 127 cm³/mol. The van der Waals surface area contributed by atoms with Crippen molar-refractivity contribution < 1.29 is 28.5 Å². The summed E-state index contributed by atoms with van der Waals surface area (Å²) in [4.78, 5) is 28.2. The lowest BCUT2D eigenvalue weighted by atomic mass is 9.78. The Bertz CT molecular complexity index is 1300. The second-order valence-electron chi connectivity index (χ2n) is 8.19. The van der Waals surface area contributed by atoms with Crippen LogP contribution < -0.4 is 9.64 Å². The Morgan fingerprint density at radius 3 is 2.32 bits per heavy atom. The number of fused-ring (bicyclic) bond motifs is 2. The highest BCUT2D eigenvalue weighted by Gasteiger charge is 2.56. The molecule has 1 unspecified atom stereocenters. The molecule has 176 valence electrons. The van der Waals surface area contributed by atoms with E-state index in [4.69, 9.17) is 30.5 Å². The summed E-state index contributed by atoms with van der Waals surface area (Å²) < 4.78 is 23.5. The minimum absolute atomic E-state index is 0.131. The van der Waals surface area contributed by atoms with E-state index in [1.165, 1.54) is 0 Å². The van der Waals surface area contributed by atoms with Crippen LogP contribution in [0, 0.1) is 0 Å². The molecule has 34 heavy (non-hydrogen) atoms. The molecular formula is C26H24ClNO6. The maximum Gasteiger partial charge on any atom is 0.342 e. The van der Waals surface area contributed by atoms with Crippen LogP contribution in [0.15, 0.2) is 47.9 Å². The molecule has 3 aliphatic heterocycles. The van der Waals surface area contributed by atoms with E-state index in [1.54, 1.807) is 32.9 Å². The van der Waals surface area contributed by atoms with Crippen LogP contribution in [-0.2, 0) is 29.5 Å². The van der Waals surface area contributed by atoms with Crippen LogP contribution in [0.3, 0.4) is 0 Å². The summed E-state index contributed by atoms with van der Waals surface area (Å²) in [5, 5.41) is 0.376. The van der Waals surface area contributed by atoms with Gasteiger partial charge in [0.25, 0.3) is 0 Å². The molecular weight excluding hydrogens is 458 g/mol. The summed E-state index contributed by atoms with van der Waals surface area (Å²) in [6.07, 6.45) is 0. The van der Waals surface area contributed by atoms with E-state index in [-0.39, 0.29) is 25.4 Å². The molecule has 0 aromatic heterocycles. The Labute approximate surface area is 202 Å². The van der Waals surface area contributed by atoms with Crippen LogP contribution >= 0.6 is 11.6 Å². The second-order valence-corrected chi connectivity index (χ2v) is 8.62. The number of hydrogen-bond donors (Lipinski definition) is 0. The molecule has 2 aromatic carbocycles. The number of benzene rings is 2. The fourth-order valence-corrected chi connectivity index (χ4v) is 5.32. The summed E-state index contributed by atoms with van der Waals surface area (Å²) >= 11 is 6.54. The van der Waals surface area contributed by atoms with E-state index >= 15 is 0 Å². The lowest BCUT2D eigenvalue weighted by Crippen LogP contribution is -2.58. The first-order chi connectivity index (χ1) is 16.3. The monoisotopic (exact) mass is 481 g/mol. The van der Waals surface area contributed by atoms with Crippen molar-refractivity contribution in [2.24, 2.45) is 0 Å². The molecule has 2 aromatic rings. The smallest absolute Gasteiger partial charge is 0.342 e. The molecule has 0 N–H and O–H groups in total. The number of halogens is 1. The number of carbonyl (C=O) groups excluding carboxylic acids is 2. The number of ether oxygens (including phenoxy) is 4. The normalized spacial score (nSPS) is 20.0. The molecule has 1 atom stereocenters. The molecule has 8 heteroatoms. The highest BCUT2D eigenvalue weighted by molar-refractivity contribution is 6.32. The van der Waals surface area contributed by atoms with E-state index in [9.17, 15) is 9.59 Å². The van der Waals surface area contributed by atoms with Gasteiger partial charge < -0.3 is 18.9 Å². The van der Waals surface area contributed by atoms with Gasteiger partial charge in [0.05, 0.1) is 24.5 Å². The van der Waals surface area contributed by atoms with Gasteiger partial charge >= 0.3 is 11.9 Å². The van der Waals surface area contributed by atoms with Crippen molar-refractivity contribution >= 4 is 40.4 Å². The van der Waals surface area contributed by atoms with Crippen molar-refractivity contribution in [3.8, 4) is 5.75 Å². The SMILES string of the molecule is CCOC(=O)C1=C(C)OC23COc4ccccc4N2C(C)=C(C(=O)OCC)c2cc(Cl)cc1c23. The third-order valence-corrected chi connectivity index (χ3v) is 6.47. The number of para-hydroxylation sites is 2. The maximum absolute atomic E-state index is 13.2. The first kappa shape index (κ1) is 22.3.